The molecule has 2 atom stereocenters. The highest BCUT2D eigenvalue weighted by Gasteiger charge is 2.47. The van der Waals surface area contributed by atoms with Gasteiger partial charge in [0.05, 0.1) is 13.2 Å². The molecule has 0 aromatic heterocycles. The fourth-order valence-electron chi connectivity index (χ4n) is 3.11. The number of fused-ring (bicyclic) bond motifs is 2. The van der Waals surface area contributed by atoms with Gasteiger partial charge in [0, 0.05) is 19.5 Å². The Balaban J connectivity index is 1.67. The average molecular weight is 282 g/mol. The van der Waals surface area contributed by atoms with Crippen molar-refractivity contribution in [2.24, 2.45) is 0 Å². The number of urea groups is 1. The van der Waals surface area contributed by atoms with Crippen LogP contribution in [0.1, 0.15) is 25.7 Å². The van der Waals surface area contributed by atoms with Crippen LogP contribution in [-0.2, 0) is 14.4 Å². The van der Waals surface area contributed by atoms with Crippen LogP contribution in [0.2, 0.25) is 0 Å². The first-order valence-electron chi connectivity index (χ1n) is 6.86. The van der Waals surface area contributed by atoms with Crippen LogP contribution in [0.5, 0.6) is 0 Å². The van der Waals surface area contributed by atoms with E-state index < -0.39 is 6.04 Å². The maximum Gasteiger partial charge on any atom is 0.345 e. The predicted octanol–water partition coefficient (Wildman–Crippen LogP) is -0.530. The minimum absolute atomic E-state index is 0.0185. The van der Waals surface area contributed by atoms with Crippen molar-refractivity contribution in [2.75, 3.05) is 20.2 Å². The number of nitrogens with zero attached hydrogens (tertiary/aromatic N) is 3. The van der Waals surface area contributed by atoms with E-state index in [4.69, 9.17) is 4.84 Å². The van der Waals surface area contributed by atoms with Gasteiger partial charge in [0.1, 0.15) is 6.04 Å². The van der Waals surface area contributed by atoms with Crippen molar-refractivity contribution in [1.82, 2.24) is 20.4 Å². The highest BCUT2D eigenvalue weighted by Crippen LogP contribution is 2.29. The van der Waals surface area contributed by atoms with Gasteiger partial charge in [-0.05, 0) is 19.3 Å². The van der Waals surface area contributed by atoms with Crippen LogP contribution in [0.25, 0.3) is 0 Å². The van der Waals surface area contributed by atoms with E-state index in [1.54, 1.807) is 0 Å². The van der Waals surface area contributed by atoms with Crippen molar-refractivity contribution in [1.29, 1.82) is 0 Å². The summed E-state index contributed by atoms with van der Waals surface area (Å²) in [5, 5.41) is 2.68. The Kier molecular flexibility index (Phi) is 3.25. The molecule has 3 heterocycles. The molecule has 0 spiro atoms. The Morgan fingerprint density at radius 2 is 2.15 bits per heavy atom. The van der Waals surface area contributed by atoms with Crippen molar-refractivity contribution < 1.29 is 19.2 Å². The van der Waals surface area contributed by atoms with Gasteiger partial charge in [0.25, 0.3) is 5.91 Å². The SMILES string of the molecule is CON1C(=O)N2C[C@H]1CC[C@H]2C(=O)NN1CCCC1=O. The van der Waals surface area contributed by atoms with E-state index in [1.165, 1.54) is 22.1 Å². The summed E-state index contributed by atoms with van der Waals surface area (Å²) in [6.45, 7) is 1.04. The van der Waals surface area contributed by atoms with Gasteiger partial charge in [-0.1, -0.05) is 0 Å². The second-order valence-corrected chi connectivity index (χ2v) is 5.32. The minimum Gasteiger partial charge on any atom is -0.309 e. The van der Waals surface area contributed by atoms with Crippen molar-refractivity contribution in [3.05, 3.63) is 0 Å². The number of piperidine rings is 1. The number of nitrogens with one attached hydrogen (secondary N) is 1. The number of rotatable bonds is 3. The molecule has 3 rings (SSSR count). The average Bonchev–Trinajstić information content (AvgIpc) is 2.94. The zero-order valence-electron chi connectivity index (χ0n) is 11.4. The smallest absolute Gasteiger partial charge is 0.309 e. The Labute approximate surface area is 116 Å². The summed E-state index contributed by atoms with van der Waals surface area (Å²) in [6.07, 6.45) is 2.53. The summed E-state index contributed by atoms with van der Waals surface area (Å²) in [6, 6.07) is -0.778. The summed E-state index contributed by atoms with van der Waals surface area (Å²) in [7, 11) is 1.46. The van der Waals surface area contributed by atoms with Crippen molar-refractivity contribution in [3.63, 3.8) is 0 Å². The quantitative estimate of drug-likeness (QED) is 0.754. The van der Waals surface area contributed by atoms with Crippen LogP contribution in [-0.4, -0.2) is 65.1 Å². The van der Waals surface area contributed by atoms with Crippen LogP contribution in [0.4, 0.5) is 4.79 Å². The highest BCUT2D eigenvalue weighted by molar-refractivity contribution is 5.90. The van der Waals surface area contributed by atoms with E-state index in [9.17, 15) is 14.4 Å². The molecule has 0 aromatic carbocycles. The first-order chi connectivity index (χ1) is 9.61. The molecule has 8 nitrogen and oxygen atoms in total. The molecule has 2 bridgehead atoms. The molecule has 0 aliphatic carbocycles. The maximum absolute atomic E-state index is 12.3. The molecule has 0 aromatic rings. The van der Waals surface area contributed by atoms with E-state index in [0.717, 1.165) is 12.8 Å². The van der Waals surface area contributed by atoms with Crippen LogP contribution >= 0.6 is 0 Å². The molecule has 3 aliphatic rings. The number of hydrazine groups is 1. The molecule has 3 fully saturated rings. The zero-order chi connectivity index (χ0) is 14.3. The van der Waals surface area contributed by atoms with E-state index in [-0.39, 0.29) is 23.9 Å². The van der Waals surface area contributed by atoms with Crippen LogP contribution in [0.15, 0.2) is 0 Å². The molecular formula is C12H18N4O4. The zero-order valence-corrected chi connectivity index (χ0v) is 11.4. The Morgan fingerprint density at radius 3 is 2.80 bits per heavy atom. The van der Waals surface area contributed by atoms with E-state index >= 15 is 0 Å². The van der Waals surface area contributed by atoms with Gasteiger partial charge in [-0.25, -0.2) is 4.79 Å². The molecule has 4 amide bonds. The standard InChI is InChI=1S/C12H18N4O4/c1-20-16-8-4-5-9(14(7-8)12(16)19)11(18)13-15-6-2-3-10(15)17/h8-9H,2-7H2,1H3,(H,13,18)/t8-,9+/m1/s1. The third kappa shape index (κ3) is 2.00. The van der Waals surface area contributed by atoms with Gasteiger partial charge >= 0.3 is 6.03 Å². The van der Waals surface area contributed by atoms with Gasteiger partial charge in [-0.15, -0.1) is 0 Å². The molecule has 1 N–H and O–H groups in total. The molecule has 8 heteroatoms. The normalized spacial score (nSPS) is 29.4. The number of amides is 4. The Hall–Kier alpha value is -1.83. The fraction of sp³-hybridized carbons (Fsp3) is 0.750. The Morgan fingerprint density at radius 1 is 1.35 bits per heavy atom. The largest absolute Gasteiger partial charge is 0.345 e. The minimum atomic E-state index is -0.521. The molecule has 3 aliphatic heterocycles. The number of hydrogen-bond acceptors (Lipinski definition) is 4. The monoisotopic (exact) mass is 282 g/mol. The van der Waals surface area contributed by atoms with Gasteiger partial charge in [0.2, 0.25) is 5.91 Å². The molecule has 3 saturated heterocycles. The number of carbonyl (C=O) groups excluding carboxylic acids is 3. The summed E-state index contributed by atoms with van der Waals surface area (Å²) >= 11 is 0. The summed E-state index contributed by atoms with van der Waals surface area (Å²) in [5.41, 5.74) is 2.63. The van der Waals surface area contributed by atoms with Gasteiger partial charge < -0.3 is 4.90 Å². The van der Waals surface area contributed by atoms with Gasteiger partial charge in [-0.2, -0.15) is 5.06 Å². The summed E-state index contributed by atoms with van der Waals surface area (Å²) in [4.78, 5) is 42.5. The topological polar surface area (TPSA) is 82.2 Å². The van der Waals surface area contributed by atoms with Crippen LogP contribution in [0.3, 0.4) is 0 Å². The van der Waals surface area contributed by atoms with Crippen molar-refractivity contribution >= 4 is 17.8 Å². The highest BCUT2D eigenvalue weighted by atomic mass is 16.7. The van der Waals surface area contributed by atoms with Crippen LogP contribution < -0.4 is 5.43 Å². The van der Waals surface area contributed by atoms with E-state index in [2.05, 4.69) is 5.43 Å². The second kappa shape index (κ2) is 4.93. The van der Waals surface area contributed by atoms with Crippen molar-refractivity contribution in [3.8, 4) is 0 Å². The molecule has 0 saturated carbocycles. The number of hydroxylamine groups is 2. The molecule has 20 heavy (non-hydrogen) atoms. The lowest BCUT2D eigenvalue weighted by atomic mass is 10.0. The molecule has 0 radical (unpaired) electrons. The molecule has 110 valence electrons. The van der Waals surface area contributed by atoms with Crippen molar-refractivity contribution in [2.45, 2.75) is 37.8 Å². The predicted molar refractivity (Wildman–Crippen MR) is 66.8 cm³/mol. The lowest BCUT2D eigenvalue weighted by Crippen LogP contribution is -2.54. The third-order valence-electron chi connectivity index (χ3n) is 4.14. The van der Waals surface area contributed by atoms with Crippen LogP contribution in [0, 0.1) is 0 Å². The lowest BCUT2D eigenvalue weighted by Gasteiger charge is -2.30. The van der Waals surface area contributed by atoms with Gasteiger partial charge in [-0.3, -0.25) is 24.9 Å². The third-order valence-corrected chi connectivity index (χ3v) is 4.14. The number of carbonyl (C=O) groups is 3. The van der Waals surface area contributed by atoms with E-state index in [0.29, 0.717) is 25.9 Å². The van der Waals surface area contributed by atoms with E-state index in [1.807, 2.05) is 0 Å². The fourth-order valence-corrected chi connectivity index (χ4v) is 3.11. The summed E-state index contributed by atoms with van der Waals surface area (Å²) < 4.78 is 0. The van der Waals surface area contributed by atoms with Gasteiger partial charge in [0.15, 0.2) is 0 Å². The Bertz CT molecular complexity index is 455. The maximum atomic E-state index is 12.3. The first-order valence-corrected chi connectivity index (χ1v) is 6.86. The summed E-state index contributed by atoms with van der Waals surface area (Å²) in [5.74, 6) is -0.358. The molecular weight excluding hydrogens is 264 g/mol. The number of hydrogen-bond donors (Lipinski definition) is 1. The molecule has 0 unspecified atom stereocenters. The second-order valence-electron chi connectivity index (χ2n) is 5.32. The first kappa shape index (κ1) is 13.2. The lowest BCUT2D eigenvalue weighted by molar-refractivity contribution is -0.140.